The Bertz CT molecular complexity index is 216. The number of hydrogen-bond acceptors (Lipinski definition) is 1. The summed E-state index contributed by atoms with van der Waals surface area (Å²) in [7, 11) is 0. The van der Waals surface area contributed by atoms with Gasteiger partial charge in [0, 0.05) is 0 Å². The summed E-state index contributed by atoms with van der Waals surface area (Å²) in [4.78, 5) is 0. The molecule has 1 heteroatoms. The van der Waals surface area contributed by atoms with Crippen LogP contribution in [0.1, 0.15) is 97.8 Å². The molecule has 20 heavy (non-hydrogen) atoms. The minimum absolute atomic E-state index is 0.0150. The first-order valence-electron chi connectivity index (χ1n) is 9.33. The van der Waals surface area contributed by atoms with Gasteiger partial charge in [0.1, 0.15) is 0 Å². The van der Waals surface area contributed by atoms with Gasteiger partial charge in [-0.1, -0.05) is 65.7 Å². The largest absolute Gasteiger partial charge is 0.393 e. The van der Waals surface area contributed by atoms with E-state index in [-0.39, 0.29) is 6.10 Å². The zero-order valence-corrected chi connectivity index (χ0v) is 14.2. The van der Waals surface area contributed by atoms with E-state index in [1.165, 1.54) is 70.6 Å². The molecule has 1 N–H and O–H groups in total. The van der Waals surface area contributed by atoms with Crippen molar-refractivity contribution >= 4 is 0 Å². The van der Waals surface area contributed by atoms with Gasteiger partial charge in [0.05, 0.1) is 6.10 Å². The normalized spacial score (nSPS) is 25.1. The summed E-state index contributed by atoms with van der Waals surface area (Å²) < 4.78 is 0. The number of unbranched alkanes of at least 4 members (excludes halogenated alkanes) is 6. The molecule has 0 amide bonds. The average molecular weight is 283 g/mol. The van der Waals surface area contributed by atoms with E-state index in [4.69, 9.17) is 0 Å². The molecular weight excluding hydrogens is 244 g/mol. The van der Waals surface area contributed by atoms with Crippen molar-refractivity contribution in [2.45, 2.75) is 104 Å². The van der Waals surface area contributed by atoms with Crippen LogP contribution in [0.25, 0.3) is 0 Å². The maximum absolute atomic E-state index is 10.3. The van der Waals surface area contributed by atoms with Crippen molar-refractivity contribution in [2.75, 3.05) is 0 Å². The SMILES string of the molecule is CCCCCCCCCC(O)C1CCC(C(C)C)CC1. The Morgan fingerprint density at radius 3 is 1.85 bits per heavy atom. The van der Waals surface area contributed by atoms with Crippen LogP contribution < -0.4 is 0 Å². The third kappa shape index (κ3) is 7.11. The van der Waals surface area contributed by atoms with Crippen molar-refractivity contribution in [1.29, 1.82) is 0 Å². The molecule has 1 aliphatic carbocycles. The molecule has 1 aliphatic rings. The highest BCUT2D eigenvalue weighted by Crippen LogP contribution is 2.35. The van der Waals surface area contributed by atoms with Crippen molar-refractivity contribution in [3.8, 4) is 0 Å². The van der Waals surface area contributed by atoms with Gasteiger partial charge in [0.15, 0.2) is 0 Å². The fraction of sp³-hybridized carbons (Fsp3) is 1.00. The van der Waals surface area contributed by atoms with Gasteiger partial charge in [0.2, 0.25) is 0 Å². The number of aliphatic hydroxyl groups excluding tert-OH is 1. The molecule has 0 saturated heterocycles. The van der Waals surface area contributed by atoms with Gasteiger partial charge in [-0.05, 0) is 49.9 Å². The molecule has 0 aromatic carbocycles. The molecular formula is C19H38O. The van der Waals surface area contributed by atoms with Gasteiger partial charge in [-0.15, -0.1) is 0 Å². The molecule has 1 saturated carbocycles. The van der Waals surface area contributed by atoms with Crippen LogP contribution in [0.4, 0.5) is 0 Å². The van der Waals surface area contributed by atoms with Crippen LogP contribution in [0, 0.1) is 17.8 Å². The molecule has 1 atom stereocenters. The standard InChI is InChI=1S/C19H38O/c1-4-5-6-7-8-9-10-11-19(20)18-14-12-17(13-15-18)16(2)3/h16-20H,4-15H2,1-3H3. The summed E-state index contributed by atoms with van der Waals surface area (Å²) in [6, 6.07) is 0. The van der Waals surface area contributed by atoms with E-state index in [0.29, 0.717) is 5.92 Å². The molecule has 1 rings (SSSR count). The highest BCUT2D eigenvalue weighted by molar-refractivity contribution is 4.78. The zero-order valence-electron chi connectivity index (χ0n) is 14.2. The van der Waals surface area contributed by atoms with E-state index >= 15 is 0 Å². The van der Waals surface area contributed by atoms with Crippen LogP contribution in [-0.2, 0) is 0 Å². The molecule has 0 aromatic heterocycles. The van der Waals surface area contributed by atoms with Crippen molar-refractivity contribution in [1.82, 2.24) is 0 Å². The first-order valence-corrected chi connectivity index (χ1v) is 9.33. The van der Waals surface area contributed by atoms with Gasteiger partial charge in [-0.2, -0.15) is 0 Å². The molecule has 0 heterocycles. The van der Waals surface area contributed by atoms with Crippen LogP contribution in [0.5, 0.6) is 0 Å². The Kier molecular flexibility index (Phi) is 9.59. The molecule has 0 spiro atoms. The van der Waals surface area contributed by atoms with Crippen molar-refractivity contribution < 1.29 is 5.11 Å². The molecule has 1 unspecified atom stereocenters. The lowest BCUT2D eigenvalue weighted by Crippen LogP contribution is -2.27. The van der Waals surface area contributed by atoms with Crippen LogP contribution in [0.2, 0.25) is 0 Å². The van der Waals surface area contributed by atoms with Crippen LogP contribution in [0.3, 0.4) is 0 Å². The highest BCUT2D eigenvalue weighted by atomic mass is 16.3. The molecule has 0 bridgehead atoms. The quantitative estimate of drug-likeness (QED) is 0.491. The maximum atomic E-state index is 10.3. The first-order chi connectivity index (χ1) is 9.65. The lowest BCUT2D eigenvalue weighted by atomic mass is 9.74. The summed E-state index contributed by atoms with van der Waals surface area (Å²) in [6.45, 7) is 6.96. The predicted molar refractivity (Wildman–Crippen MR) is 88.9 cm³/mol. The zero-order chi connectivity index (χ0) is 14.8. The molecule has 0 aromatic rings. The Balaban J connectivity index is 2.01. The monoisotopic (exact) mass is 282 g/mol. The summed E-state index contributed by atoms with van der Waals surface area (Å²) in [5.74, 6) is 2.35. The Morgan fingerprint density at radius 1 is 0.800 bits per heavy atom. The van der Waals surface area contributed by atoms with Crippen LogP contribution in [0.15, 0.2) is 0 Å². The minimum Gasteiger partial charge on any atom is -0.393 e. The van der Waals surface area contributed by atoms with Crippen molar-refractivity contribution in [2.24, 2.45) is 17.8 Å². The second-order valence-corrected chi connectivity index (χ2v) is 7.40. The third-order valence-electron chi connectivity index (χ3n) is 5.41. The van der Waals surface area contributed by atoms with Crippen molar-refractivity contribution in [3.05, 3.63) is 0 Å². The maximum Gasteiger partial charge on any atom is 0.0568 e. The molecule has 1 fully saturated rings. The smallest absolute Gasteiger partial charge is 0.0568 e. The van der Waals surface area contributed by atoms with Crippen LogP contribution >= 0.6 is 0 Å². The summed E-state index contributed by atoms with van der Waals surface area (Å²) >= 11 is 0. The third-order valence-corrected chi connectivity index (χ3v) is 5.41. The average Bonchev–Trinajstić information content (AvgIpc) is 2.46. The van der Waals surface area contributed by atoms with Crippen molar-refractivity contribution in [3.63, 3.8) is 0 Å². The lowest BCUT2D eigenvalue weighted by molar-refractivity contribution is 0.0588. The van der Waals surface area contributed by atoms with Crippen LogP contribution in [-0.4, -0.2) is 11.2 Å². The lowest BCUT2D eigenvalue weighted by Gasteiger charge is -2.33. The van der Waals surface area contributed by atoms with Gasteiger partial charge in [-0.3, -0.25) is 0 Å². The van der Waals surface area contributed by atoms with E-state index in [9.17, 15) is 5.11 Å². The summed E-state index contributed by atoms with van der Waals surface area (Å²) in [5, 5.41) is 10.3. The molecule has 0 radical (unpaired) electrons. The molecule has 120 valence electrons. The molecule has 1 nitrogen and oxygen atoms in total. The summed E-state index contributed by atoms with van der Waals surface area (Å²) in [5.41, 5.74) is 0. The molecule has 0 aliphatic heterocycles. The number of hydrogen-bond donors (Lipinski definition) is 1. The highest BCUT2D eigenvalue weighted by Gasteiger charge is 2.27. The fourth-order valence-electron chi connectivity index (χ4n) is 3.74. The van der Waals surface area contributed by atoms with Gasteiger partial charge < -0.3 is 5.11 Å². The van der Waals surface area contributed by atoms with E-state index in [0.717, 1.165) is 18.3 Å². The Labute approximate surface area is 127 Å². The number of aliphatic hydroxyl groups is 1. The first kappa shape index (κ1) is 18.0. The Morgan fingerprint density at radius 2 is 1.30 bits per heavy atom. The topological polar surface area (TPSA) is 20.2 Å². The minimum atomic E-state index is -0.0150. The second-order valence-electron chi connectivity index (χ2n) is 7.40. The van der Waals surface area contributed by atoms with E-state index in [1.807, 2.05) is 0 Å². The summed E-state index contributed by atoms with van der Waals surface area (Å²) in [6.07, 6.45) is 15.7. The number of rotatable bonds is 10. The fourth-order valence-corrected chi connectivity index (χ4v) is 3.74. The van der Waals surface area contributed by atoms with Gasteiger partial charge >= 0.3 is 0 Å². The Hall–Kier alpha value is -0.0400. The van der Waals surface area contributed by atoms with Gasteiger partial charge in [-0.25, -0.2) is 0 Å². The van der Waals surface area contributed by atoms with E-state index < -0.39 is 0 Å². The van der Waals surface area contributed by atoms with Gasteiger partial charge in [0.25, 0.3) is 0 Å². The van der Waals surface area contributed by atoms with E-state index in [1.54, 1.807) is 0 Å². The van der Waals surface area contributed by atoms with E-state index in [2.05, 4.69) is 20.8 Å². The second kappa shape index (κ2) is 10.7. The predicted octanol–water partition coefficient (Wildman–Crippen LogP) is 5.95.